The van der Waals surface area contributed by atoms with Gasteiger partial charge in [-0.05, 0) is 56.7 Å². The van der Waals surface area contributed by atoms with Crippen molar-refractivity contribution in [3.05, 3.63) is 65.9 Å². The molecule has 2 atom stereocenters. The average Bonchev–Trinajstić information content (AvgIpc) is 2.88. The lowest BCUT2D eigenvalue weighted by Crippen LogP contribution is -2.50. The van der Waals surface area contributed by atoms with Crippen molar-refractivity contribution >= 4 is 28.9 Å². The maximum absolute atomic E-state index is 14.8. The number of hydrogen-bond donors (Lipinski definition) is 4. The summed E-state index contributed by atoms with van der Waals surface area (Å²) < 4.78 is 20.3. The Balaban J connectivity index is 1.62. The summed E-state index contributed by atoms with van der Waals surface area (Å²) in [7, 11) is 1.65. The molecule has 6 N–H and O–H groups in total. The molecule has 2 aromatic heterocycles. The van der Waals surface area contributed by atoms with Crippen molar-refractivity contribution in [2.24, 2.45) is 5.73 Å². The molecule has 1 fully saturated rings. The molecule has 11 heteroatoms. The first kappa shape index (κ1) is 27.0. The molecular formula is C27H32FN7O3. The summed E-state index contributed by atoms with van der Waals surface area (Å²) in [4.78, 5) is 36.3. The molecule has 10 nitrogen and oxygen atoms in total. The van der Waals surface area contributed by atoms with E-state index in [1.165, 1.54) is 36.5 Å². The smallest absolute Gasteiger partial charge is 0.276 e. The molecule has 0 aliphatic carbocycles. The molecule has 200 valence electrons. The highest BCUT2D eigenvalue weighted by molar-refractivity contribution is 6.08. The number of benzene rings is 1. The van der Waals surface area contributed by atoms with Gasteiger partial charge in [-0.25, -0.2) is 9.37 Å². The van der Waals surface area contributed by atoms with Crippen molar-refractivity contribution in [2.75, 3.05) is 36.1 Å². The van der Waals surface area contributed by atoms with Crippen LogP contribution in [0.4, 0.5) is 21.5 Å². The summed E-state index contributed by atoms with van der Waals surface area (Å²) >= 11 is 0. The van der Waals surface area contributed by atoms with Crippen LogP contribution in [0.5, 0.6) is 0 Å². The third kappa shape index (κ3) is 6.06. The first-order valence-corrected chi connectivity index (χ1v) is 12.3. The first-order chi connectivity index (χ1) is 18.2. The number of carbonyl (C=O) groups is 2. The number of methoxy groups -OCH3 is 1. The topological polar surface area (TPSA) is 148 Å². The lowest BCUT2D eigenvalue weighted by molar-refractivity contribution is 0.0835. The highest BCUT2D eigenvalue weighted by Crippen LogP contribution is 2.30. The number of nitrogens with zero attached hydrogens (tertiary/aromatic N) is 3. The summed E-state index contributed by atoms with van der Waals surface area (Å²) in [5.41, 5.74) is 14.0. The van der Waals surface area contributed by atoms with E-state index >= 15 is 0 Å². The molecule has 0 saturated carbocycles. The molecule has 0 radical (unpaired) electrons. The maximum atomic E-state index is 14.8. The largest absolute Gasteiger partial charge is 0.397 e. The molecule has 2 amide bonds. The maximum Gasteiger partial charge on any atom is 0.276 e. The molecule has 0 spiro atoms. The average molecular weight is 522 g/mol. The predicted octanol–water partition coefficient (Wildman–Crippen LogP) is 2.81. The lowest BCUT2D eigenvalue weighted by Gasteiger charge is -2.37. The molecule has 4 rings (SSSR count). The standard InChI is InChI=1S/C27H32FN7O3/c1-15(2)32-26(36)16-4-5-20(28)19(10-16)22-7-6-21(30)25(33-22)27(37)34-23-12-31-9-8-24(23)35-13-17(29)11-18(14-35)38-3/h4-10,12,15,17-18H,11,13-14,29-30H2,1-3H3,(H,32,36)(H,34,37). The zero-order valence-electron chi connectivity index (χ0n) is 21.6. The fourth-order valence-corrected chi connectivity index (χ4v) is 4.41. The van der Waals surface area contributed by atoms with Crippen LogP contribution in [-0.2, 0) is 4.74 Å². The number of pyridine rings is 2. The van der Waals surface area contributed by atoms with Crippen LogP contribution in [-0.4, -0.2) is 60.2 Å². The summed E-state index contributed by atoms with van der Waals surface area (Å²) in [6.45, 7) is 4.85. The quantitative estimate of drug-likeness (QED) is 0.371. The normalized spacial score (nSPS) is 17.4. The van der Waals surface area contributed by atoms with Gasteiger partial charge in [-0.2, -0.15) is 0 Å². The van der Waals surface area contributed by atoms with Crippen LogP contribution in [0.1, 0.15) is 41.1 Å². The number of nitrogens with one attached hydrogen (secondary N) is 2. The Labute approximate surface area is 220 Å². The van der Waals surface area contributed by atoms with Gasteiger partial charge in [0.15, 0.2) is 5.69 Å². The van der Waals surface area contributed by atoms with E-state index in [0.717, 1.165) is 12.1 Å². The molecule has 1 saturated heterocycles. The summed E-state index contributed by atoms with van der Waals surface area (Å²) in [6, 6.07) is 8.59. The third-order valence-corrected chi connectivity index (χ3v) is 6.23. The number of anilines is 3. The van der Waals surface area contributed by atoms with E-state index in [2.05, 4.69) is 20.6 Å². The lowest BCUT2D eigenvalue weighted by atomic mass is 10.0. The fourth-order valence-electron chi connectivity index (χ4n) is 4.41. The van der Waals surface area contributed by atoms with Gasteiger partial charge >= 0.3 is 0 Å². The van der Waals surface area contributed by atoms with Gasteiger partial charge in [0.05, 0.1) is 35.1 Å². The Bertz CT molecular complexity index is 1330. The van der Waals surface area contributed by atoms with Gasteiger partial charge in [-0.15, -0.1) is 0 Å². The van der Waals surface area contributed by atoms with E-state index in [-0.39, 0.29) is 52.3 Å². The predicted molar refractivity (Wildman–Crippen MR) is 144 cm³/mol. The van der Waals surface area contributed by atoms with Crippen molar-refractivity contribution in [2.45, 2.75) is 38.5 Å². The van der Waals surface area contributed by atoms with Crippen molar-refractivity contribution < 1.29 is 18.7 Å². The van der Waals surface area contributed by atoms with Crippen LogP contribution in [0.25, 0.3) is 11.3 Å². The minimum atomic E-state index is -0.586. The second-order valence-electron chi connectivity index (χ2n) is 9.56. The number of nitrogen functional groups attached to an aromatic ring is 1. The highest BCUT2D eigenvalue weighted by atomic mass is 19.1. The molecular weight excluding hydrogens is 489 g/mol. The van der Waals surface area contributed by atoms with Crippen LogP contribution in [0, 0.1) is 5.82 Å². The van der Waals surface area contributed by atoms with Gasteiger partial charge in [-0.3, -0.25) is 14.6 Å². The number of carbonyl (C=O) groups excluding carboxylic acids is 2. The molecule has 0 bridgehead atoms. The molecule has 1 aliphatic rings. The van der Waals surface area contributed by atoms with E-state index in [0.29, 0.717) is 18.8 Å². The Morgan fingerprint density at radius 2 is 1.95 bits per heavy atom. The molecule has 38 heavy (non-hydrogen) atoms. The number of nitrogens with two attached hydrogens (primary N) is 2. The number of aromatic nitrogens is 2. The van der Waals surface area contributed by atoms with Gasteiger partial charge in [0.1, 0.15) is 5.82 Å². The molecule has 1 aromatic carbocycles. The fraction of sp³-hybridized carbons (Fsp3) is 0.333. The summed E-state index contributed by atoms with van der Waals surface area (Å²) in [6.07, 6.45) is 3.86. The van der Waals surface area contributed by atoms with Gasteiger partial charge < -0.3 is 31.7 Å². The second kappa shape index (κ2) is 11.5. The second-order valence-corrected chi connectivity index (χ2v) is 9.56. The SMILES string of the molecule is COC1CC(N)CN(c2ccncc2NC(=O)c2nc(-c3cc(C(=O)NC(C)C)ccc3F)ccc2N)C1. The Morgan fingerprint density at radius 3 is 2.68 bits per heavy atom. The minimum Gasteiger partial charge on any atom is -0.397 e. The Kier molecular flexibility index (Phi) is 8.18. The van der Waals surface area contributed by atoms with Crippen molar-refractivity contribution in [1.82, 2.24) is 15.3 Å². The number of hydrogen-bond acceptors (Lipinski definition) is 8. The van der Waals surface area contributed by atoms with Crippen LogP contribution in [0.15, 0.2) is 48.8 Å². The zero-order chi connectivity index (χ0) is 27.4. The van der Waals surface area contributed by atoms with Crippen LogP contribution in [0.2, 0.25) is 0 Å². The van der Waals surface area contributed by atoms with E-state index < -0.39 is 11.7 Å². The van der Waals surface area contributed by atoms with Crippen molar-refractivity contribution in [1.29, 1.82) is 0 Å². The summed E-state index contributed by atoms with van der Waals surface area (Å²) in [5.74, 6) is -1.51. The molecule has 3 aromatic rings. The molecule has 2 unspecified atom stereocenters. The highest BCUT2D eigenvalue weighted by Gasteiger charge is 2.27. The van der Waals surface area contributed by atoms with Gasteiger partial charge in [0, 0.05) is 49.6 Å². The monoisotopic (exact) mass is 521 g/mol. The van der Waals surface area contributed by atoms with E-state index in [1.807, 2.05) is 18.7 Å². The number of amides is 2. The number of piperidine rings is 1. The molecule has 1 aliphatic heterocycles. The van der Waals surface area contributed by atoms with Crippen LogP contribution < -0.4 is 27.0 Å². The third-order valence-electron chi connectivity index (χ3n) is 6.23. The van der Waals surface area contributed by atoms with Crippen molar-refractivity contribution in [3.63, 3.8) is 0 Å². The minimum absolute atomic E-state index is 0.0438. The van der Waals surface area contributed by atoms with E-state index in [1.54, 1.807) is 19.4 Å². The van der Waals surface area contributed by atoms with Gasteiger partial charge in [0.2, 0.25) is 0 Å². The van der Waals surface area contributed by atoms with E-state index in [4.69, 9.17) is 16.2 Å². The Morgan fingerprint density at radius 1 is 1.16 bits per heavy atom. The van der Waals surface area contributed by atoms with E-state index in [9.17, 15) is 14.0 Å². The Hall–Kier alpha value is -4.09. The number of rotatable bonds is 7. The van der Waals surface area contributed by atoms with Crippen LogP contribution in [0.3, 0.4) is 0 Å². The summed E-state index contributed by atoms with van der Waals surface area (Å²) in [5, 5.41) is 5.61. The van der Waals surface area contributed by atoms with Gasteiger partial charge in [-0.1, -0.05) is 0 Å². The zero-order valence-corrected chi connectivity index (χ0v) is 21.6. The first-order valence-electron chi connectivity index (χ1n) is 12.3. The number of halogens is 1. The van der Waals surface area contributed by atoms with Gasteiger partial charge in [0.25, 0.3) is 11.8 Å². The van der Waals surface area contributed by atoms with Crippen molar-refractivity contribution in [3.8, 4) is 11.3 Å². The molecule has 3 heterocycles. The number of ether oxygens (including phenoxy) is 1. The van der Waals surface area contributed by atoms with Crippen LogP contribution >= 0.6 is 0 Å².